The number of piperidine rings is 1. The first kappa shape index (κ1) is 19.1. The number of rotatable bonds is 2. The van der Waals surface area contributed by atoms with E-state index in [0.717, 1.165) is 4.90 Å². The molecule has 0 unspecified atom stereocenters. The van der Waals surface area contributed by atoms with Gasteiger partial charge in [-0.3, -0.25) is 4.79 Å². The van der Waals surface area contributed by atoms with Crippen LogP contribution in [0.3, 0.4) is 0 Å². The molecule has 1 N–H and O–H groups in total. The summed E-state index contributed by atoms with van der Waals surface area (Å²) in [6, 6.07) is 5.59. The number of benzene rings is 1. The number of carbonyl (C=O) groups is 1. The van der Waals surface area contributed by atoms with Crippen LogP contribution in [0, 0.1) is 16.3 Å². The van der Waals surface area contributed by atoms with E-state index in [0.29, 0.717) is 17.2 Å². The smallest absolute Gasteiger partial charge is 0.332 e. The van der Waals surface area contributed by atoms with Crippen LogP contribution in [-0.2, 0) is 0 Å². The molecule has 6 nitrogen and oxygen atoms in total. The van der Waals surface area contributed by atoms with E-state index < -0.39 is 30.1 Å². The third-order valence-corrected chi connectivity index (χ3v) is 5.56. The lowest BCUT2D eigenvalue weighted by molar-refractivity contribution is -0.590. The molecule has 1 aliphatic rings. The number of H-pyrrole nitrogens is 1. The van der Waals surface area contributed by atoms with Crippen molar-refractivity contribution in [3.8, 4) is 0 Å². The third-order valence-electron chi connectivity index (χ3n) is 4.74. The summed E-state index contributed by atoms with van der Waals surface area (Å²) >= 11 is 1.77. The Bertz CT molecular complexity index is 1070. The minimum atomic E-state index is -3.05. The van der Waals surface area contributed by atoms with Gasteiger partial charge in [0.2, 0.25) is 0 Å². The van der Waals surface area contributed by atoms with Gasteiger partial charge in [-0.25, -0.2) is 18.3 Å². The standard InChI is InChI=1S/C18H15F3IN5O/c1-10-4-15(27-17(25-10)23-9-24-27)12-6-18(20,21)8-26(7-12)16(28)11-2-3-13(19)14(22)5-11/h2-5,9,12H,6-8H2,1H3/p+1/t12-/m0/s1. The van der Waals surface area contributed by atoms with E-state index in [4.69, 9.17) is 0 Å². The van der Waals surface area contributed by atoms with Crippen LogP contribution in [0.5, 0.6) is 0 Å². The average Bonchev–Trinajstić information content (AvgIpc) is 3.09. The topological polar surface area (TPSA) is 66.0 Å². The quantitative estimate of drug-likeness (QED) is 0.433. The van der Waals surface area contributed by atoms with Gasteiger partial charge in [0.15, 0.2) is 6.33 Å². The van der Waals surface area contributed by atoms with Crippen LogP contribution in [0.15, 0.2) is 30.6 Å². The van der Waals surface area contributed by atoms with Crippen LogP contribution < -0.4 is 4.52 Å². The van der Waals surface area contributed by atoms with Gasteiger partial charge in [0.1, 0.15) is 17.2 Å². The highest BCUT2D eigenvalue weighted by Crippen LogP contribution is 2.36. The Morgan fingerprint density at radius 3 is 2.93 bits per heavy atom. The summed E-state index contributed by atoms with van der Waals surface area (Å²) in [6.07, 6.45) is 1.05. The highest BCUT2D eigenvalue weighted by atomic mass is 127. The Balaban J connectivity index is 1.69. The van der Waals surface area contributed by atoms with Gasteiger partial charge >= 0.3 is 5.78 Å². The Labute approximate surface area is 171 Å². The maximum absolute atomic E-state index is 14.5. The average molecular weight is 502 g/mol. The molecular weight excluding hydrogens is 486 g/mol. The minimum Gasteiger partial charge on any atom is -0.332 e. The molecule has 0 spiro atoms. The summed E-state index contributed by atoms with van der Waals surface area (Å²) < 4.78 is 44.4. The van der Waals surface area contributed by atoms with E-state index in [1.165, 1.54) is 24.5 Å². The van der Waals surface area contributed by atoms with Crippen LogP contribution in [0.4, 0.5) is 13.2 Å². The van der Waals surface area contributed by atoms with Gasteiger partial charge < -0.3 is 4.90 Å². The van der Waals surface area contributed by atoms with Crippen molar-refractivity contribution >= 4 is 34.3 Å². The molecule has 0 radical (unpaired) electrons. The highest BCUT2D eigenvalue weighted by Gasteiger charge is 2.44. The number of amides is 1. The molecule has 0 aliphatic carbocycles. The lowest BCUT2D eigenvalue weighted by Crippen LogP contribution is -2.50. The highest BCUT2D eigenvalue weighted by molar-refractivity contribution is 14.1. The molecule has 2 aromatic heterocycles. The van der Waals surface area contributed by atoms with Crippen molar-refractivity contribution in [2.45, 2.75) is 25.2 Å². The van der Waals surface area contributed by atoms with Crippen LogP contribution >= 0.6 is 22.6 Å². The van der Waals surface area contributed by atoms with Crippen molar-refractivity contribution in [2.24, 2.45) is 0 Å². The third kappa shape index (κ3) is 3.56. The molecular formula is C18H16F3IN5O+. The molecule has 0 saturated carbocycles. The van der Waals surface area contributed by atoms with Crippen molar-refractivity contribution < 1.29 is 22.5 Å². The molecule has 0 bridgehead atoms. The number of carbonyl (C=O) groups excluding carboxylic acids is 1. The fourth-order valence-electron chi connectivity index (χ4n) is 3.56. The van der Waals surface area contributed by atoms with E-state index in [1.54, 1.807) is 40.1 Å². The van der Waals surface area contributed by atoms with E-state index in [9.17, 15) is 18.0 Å². The summed E-state index contributed by atoms with van der Waals surface area (Å²) in [7, 11) is 0. The van der Waals surface area contributed by atoms with Gasteiger partial charge in [-0.15, -0.1) is 4.52 Å². The number of fused-ring (bicyclic) bond motifs is 1. The Kier molecular flexibility index (Phi) is 4.76. The minimum absolute atomic E-state index is 0.118. The van der Waals surface area contributed by atoms with Crippen LogP contribution in [0.1, 0.15) is 34.1 Å². The van der Waals surface area contributed by atoms with Crippen molar-refractivity contribution in [1.82, 2.24) is 20.0 Å². The lowest BCUT2D eigenvalue weighted by Gasteiger charge is -2.37. The second-order valence-corrected chi connectivity index (χ2v) is 8.08. The summed E-state index contributed by atoms with van der Waals surface area (Å²) in [6.45, 7) is 1.21. The summed E-state index contributed by atoms with van der Waals surface area (Å²) in [4.78, 5) is 22.3. The molecule has 1 aromatic carbocycles. The number of hydrogen-bond donors (Lipinski definition) is 1. The molecule has 4 rings (SSSR count). The second-order valence-electron chi connectivity index (χ2n) is 6.92. The van der Waals surface area contributed by atoms with Gasteiger partial charge in [0, 0.05) is 34.1 Å². The van der Waals surface area contributed by atoms with Crippen LogP contribution in [0.2, 0.25) is 0 Å². The van der Waals surface area contributed by atoms with Gasteiger partial charge in [-0.2, -0.15) is 0 Å². The zero-order chi connectivity index (χ0) is 20.1. The van der Waals surface area contributed by atoms with Gasteiger partial charge in [-0.05, 0) is 47.7 Å². The first-order valence-electron chi connectivity index (χ1n) is 8.58. The Morgan fingerprint density at radius 2 is 2.18 bits per heavy atom. The molecule has 1 fully saturated rings. The van der Waals surface area contributed by atoms with E-state index in [2.05, 4.69) is 15.1 Å². The van der Waals surface area contributed by atoms with Crippen LogP contribution in [0.25, 0.3) is 5.78 Å². The maximum atomic E-state index is 14.5. The predicted octanol–water partition coefficient (Wildman–Crippen LogP) is 2.86. The van der Waals surface area contributed by atoms with E-state index >= 15 is 0 Å². The molecule has 146 valence electrons. The van der Waals surface area contributed by atoms with Crippen molar-refractivity contribution in [2.75, 3.05) is 13.1 Å². The maximum Gasteiger partial charge on any atom is 0.457 e. The number of nitrogens with zero attached hydrogens (tertiary/aromatic N) is 4. The number of aromatic nitrogens is 4. The first-order valence-corrected chi connectivity index (χ1v) is 9.66. The fraction of sp³-hybridized carbons (Fsp3) is 0.333. The summed E-state index contributed by atoms with van der Waals surface area (Å²) in [5, 5.41) is 2.88. The molecule has 1 amide bonds. The second kappa shape index (κ2) is 6.98. The fourth-order valence-corrected chi connectivity index (χ4v) is 4.08. The predicted molar refractivity (Wildman–Crippen MR) is 102 cm³/mol. The number of hydrogen-bond acceptors (Lipinski definition) is 3. The van der Waals surface area contributed by atoms with Gasteiger partial charge in [-0.1, -0.05) is 9.97 Å². The van der Waals surface area contributed by atoms with E-state index in [-0.39, 0.29) is 22.1 Å². The van der Waals surface area contributed by atoms with Gasteiger partial charge in [0.05, 0.1) is 6.54 Å². The number of aryl methyl sites for hydroxylation is 1. The Morgan fingerprint density at radius 1 is 1.39 bits per heavy atom. The number of likely N-dealkylation sites (tertiary alicyclic amines) is 1. The Hall–Kier alpha value is -2.24. The molecule has 1 aliphatic heterocycles. The molecule has 10 heteroatoms. The first-order chi connectivity index (χ1) is 13.2. The molecule has 28 heavy (non-hydrogen) atoms. The number of nitrogens with one attached hydrogen (secondary N) is 1. The van der Waals surface area contributed by atoms with Crippen molar-refractivity contribution in [1.29, 1.82) is 0 Å². The monoisotopic (exact) mass is 502 g/mol. The van der Waals surface area contributed by atoms with E-state index in [1.807, 2.05) is 0 Å². The zero-order valence-corrected chi connectivity index (χ0v) is 17.0. The number of aromatic amines is 1. The number of halogens is 4. The SMILES string of the molecule is Cc1cc([C@@H]2CN(C(=O)c3ccc(F)c(I)c3)CC(F)(F)C2)[n+]2[nH]cnc2n1. The zero-order valence-electron chi connectivity index (χ0n) is 14.8. The largest absolute Gasteiger partial charge is 0.457 e. The molecule has 3 aromatic rings. The lowest BCUT2D eigenvalue weighted by atomic mass is 9.91. The molecule has 1 atom stereocenters. The summed E-state index contributed by atoms with van der Waals surface area (Å²) in [5.41, 5.74) is 1.43. The molecule has 1 saturated heterocycles. The van der Waals surface area contributed by atoms with Crippen molar-refractivity contribution in [3.63, 3.8) is 0 Å². The summed E-state index contributed by atoms with van der Waals surface area (Å²) in [5.74, 6) is -4.27. The molecule has 3 heterocycles. The normalized spacial score (nSPS) is 19.2. The number of alkyl halides is 2. The van der Waals surface area contributed by atoms with Crippen LogP contribution in [-0.4, -0.2) is 44.9 Å². The van der Waals surface area contributed by atoms with Gasteiger partial charge in [0.25, 0.3) is 11.8 Å². The van der Waals surface area contributed by atoms with Crippen molar-refractivity contribution in [3.05, 3.63) is 56.9 Å².